The van der Waals surface area contributed by atoms with Gasteiger partial charge in [0.25, 0.3) is 0 Å². The molecular formula is C22H14N4. The number of rotatable bonds is 0. The second kappa shape index (κ2) is 5.95. The van der Waals surface area contributed by atoms with E-state index in [2.05, 4.69) is 44.9 Å². The first-order valence-corrected chi connectivity index (χ1v) is 8.44. The fourth-order valence-corrected chi connectivity index (χ4v) is 3.26. The summed E-state index contributed by atoms with van der Waals surface area (Å²) in [4.78, 5) is 9.73. The number of fused-ring (bicyclic) bond motifs is 7. The Morgan fingerprint density at radius 2 is 1.12 bits per heavy atom. The SMILES string of the molecule is C1#CCn2c(nc3ccccc32)-c2nc3ccccc3n2CC#C/C=C\1. The maximum absolute atomic E-state index is 4.86. The lowest BCUT2D eigenvalue weighted by molar-refractivity contribution is 0.824. The fraction of sp³-hybridized carbons (Fsp3) is 0.0909. The molecule has 1 aliphatic heterocycles. The Morgan fingerprint density at radius 1 is 0.654 bits per heavy atom. The normalized spacial score (nSPS) is 14.2. The summed E-state index contributed by atoms with van der Waals surface area (Å²) in [5.41, 5.74) is 4.00. The van der Waals surface area contributed by atoms with Gasteiger partial charge in [-0.25, -0.2) is 9.97 Å². The predicted molar refractivity (Wildman–Crippen MR) is 103 cm³/mol. The summed E-state index contributed by atoms with van der Waals surface area (Å²) >= 11 is 0. The highest BCUT2D eigenvalue weighted by Gasteiger charge is 2.19. The minimum atomic E-state index is 0.552. The molecule has 26 heavy (non-hydrogen) atoms. The van der Waals surface area contributed by atoms with Crippen LogP contribution >= 0.6 is 0 Å². The first-order chi connectivity index (χ1) is 12.9. The van der Waals surface area contributed by atoms with Crippen LogP contribution in [0.4, 0.5) is 0 Å². The van der Waals surface area contributed by atoms with E-state index in [1.54, 1.807) is 12.2 Å². The molecule has 0 fully saturated rings. The summed E-state index contributed by atoms with van der Waals surface area (Å²) in [6.45, 7) is 1.10. The molecule has 3 heterocycles. The molecule has 0 N–H and O–H groups in total. The van der Waals surface area contributed by atoms with Gasteiger partial charge in [0.05, 0.1) is 35.2 Å². The van der Waals surface area contributed by atoms with Gasteiger partial charge in [-0.3, -0.25) is 0 Å². The van der Waals surface area contributed by atoms with Crippen LogP contribution in [-0.2, 0) is 13.1 Å². The second-order valence-electron chi connectivity index (χ2n) is 6.00. The highest BCUT2D eigenvalue weighted by Crippen LogP contribution is 2.27. The van der Waals surface area contributed by atoms with Gasteiger partial charge in [-0.2, -0.15) is 0 Å². The van der Waals surface area contributed by atoms with E-state index in [1.165, 1.54) is 0 Å². The number of hydrogen-bond acceptors (Lipinski definition) is 2. The molecule has 2 aromatic carbocycles. The number of allylic oxidation sites excluding steroid dienone is 2. The third-order valence-corrected chi connectivity index (χ3v) is 4.44. The van der Waals surface area contributed by atoms with Crippen LogP contribution < -0.4 is 0 Å². The van der Waals surface area contributed by atoms with E-state index in [-0.39, 0.29) is 0 Å². The zero-order valence-corrected chi connectivity index (χ0v) is 14.0. The monoisotopic (exact) mass is 334 g/mol. The minimum absolute atomic E-state index is 0.552. The molecular weight excluding hydrogens is 320 g/mol. The van der Waals surface area contributed by atoms with Gasteiger partial charge in [0.2, 0.25) is 0 Å². The van der Waals surface area contributed by atoms with Crippen molar-refractivity contribution in [3.63, 3.8) is 0 Å². The third kappa shape index (κ3) is 2.29. The molecule has 4 nitrogen and oxygen atoms in total. The Labute approximate surface area is 150 Å². The summed E-state index contributed by atoms with van der Waals surface area (Å²) in [5, 5.41) is 0. The van der Waals surface area contributed by atoms with Gasteiger partial charge in [-0.15, -0.1) is 0 Å². The van der Waals surface area contributed by atoms with Gasteiger partial charge in [-0.05, 0) is 36.4 Å². The molecule has 0 radical (unpaired) electrons. The maximum Gasteiger partial charge on any atom is 0.178 e. The molecule has 0 aliphatic carbocycles. The zero-order valence-electron chi connectivity index (χ0n) is 14.0. The van der Waals surface area contributed by atoms with Gasteiger partial charge < -0.3 is 9.13 Å². The molecule has 2 aromatic heterocycles. The van der Waals surface area contributed by atoms with Gasteiger partial charge in [0.1, 0.15) is 0 Å². The highest BCUT2D eigenvalue weighted by atomic mass is 15.2. The molecule has 5 rings (SSSR count). The van der Waals surface area contributed by atoms with E-state index in [4.69, 9.17) is 9.97 Å². The number of aromatic nitrogens is 4. The van der Waals surface area contributed by atoms with Crippen LogP contribution in [0.3, 0.4) is 0 Å². The van der Waals surface area contributed by atoms with E-state index in [9.17, 15) is 0 Å². The van der Waals surface area contributed by atoms with Gasteiger partial charge in [0.15, 0.2) is 11.6 Å². The Balaban J connectivity index is 1.87. The lowest BCUT2D eigenvalue weighted by Crippen LogP contribution is -2.05. The third-order valence-electron chi connectivity index (χ3n) is 4.44. The summed E-state index contributed by atoms with van der Waals surface area (Å²) in [6.07, 6.45) is 3.58. The van der Waals surface area contributed by atoms with Crippen molar-refractivity contribution in [1.29, 1.82) is 0 Å². The Morgan fingerprint density at radius 3 is 1.62 bits per heavy atom. The van der Waals surface area contributed by atoms with Gasteiger partial charge >= 0.3 is 0 Å². The number of nitrogens with zero attached hydrogens (tertiary/aromatic N) is 4. The van der Waals surface area contributed by atoms with Crippen molar-refractivity contribution < 1.29 is 0 Å². The Hall–Kier alpha value is -3.76. The summed E-state index contributed by atoms with van der Waals surface area (Å²) in [6, 6.07) is 16.2. The van der Waals surface area contributed by atoms with Crippen molar-refractivity contribution in [2.45, 2.75) is 13.1 Å². The second-order valence-corrected chi connectivity index (χ2v) is 6.00. The van der Waals surface area contributed by atoms with Crippen molar-refractivity contribution in [2.24, 2.45) is 0 Å². The lowest BCUT2D eigenvalue weighted by atomic mass is 10.3. The molecule has 0 amide bonds. The minimum Gasteiger partial charge on any atom is -0.310 e. The molecule has 122 valence electrons. The number of hydrogen-bond donors (Lipinski definition) is 0. The molecule has 4 heteroatoms. The highest BCUT2D eigenvalue weighted by molar-refractivity contribution is 5.83. The Bertz CT molecular complexity index is 1190. The van der Waals surface area contributed by atoms with Crippen LogP contribution in [0.1, 0.15) is 0 Å². The van der Waals surface area contributed by atoms with Crippen molar-refractivity contribution in [3.8, 4) is 35.3 Å². The van der Waals surface area contributed by atoms with E-state index in [1.807, 2.05) is 36.4 Å². The molecule has 0 saturated heterocycles. The molecule has 0 atom stereocenters. The summed E-state index contributed by atoms with van der Waals surface area (Å²) < 4.78 is 4.26. The van der Waals surface area contributed by atoms with Crippen LogP contribution in [0.2, 0.25) is 0 Å². The summed E-state index contributed by atoms with van der Waals surface area (Å²) in [5.74, 6) is 14.1. The van der Waals surface area contributed by atoms with Crippen molar-refractivity contribution in [1.82, 2.24) is 19.1 Å². The summed E-state index contributed by atoms with van der Waals surface area (Å²) in [7, 11) is 0. The molecule has 0 bridgehead atoms. The van der Waals surface area contributed by atoms with Crippen LogP contribution in [-0.4, -0.2) is 19.1 Å². The van der Waals surface area contributed by atoms with Crippen LogP contribution in [0, 0.1) is 23.7 Å². The predicted octanol–water partition coefficient (Wildman–Crippen LogP) is 3.63. The molecule has 0 unspecified atom stereocenters. The smallest absolute Gasteiger partial charge is 0.178 e. The first kappa shape index (κ1) is 14.6. The standard InChI is InChI=1S/C22H14N4/c1-2-4-10-16-26-20-14-8-6-12-18(20)24-22(26)21-23-17-11-5-7-13-19(17)25(21)15-9-3-1/h1-2,5-8,11-14H,15-16H2/b2-1-. The topological polar surface area (TPSA) is 35.6 Å². The Kier molecular flexibility index (Phi) is 3.33. The average Bonchev–Trinajstić information content (AvgIpc) is 3.21. The first-order valence-electron chi connectivity index (χ1n) is 8.44. The number of imidazole rings is 2. The van der Waals surface area contributed by atoms with E-state index >= 15 is 0 Å². The van der Waals surface area contributed by atoms with Gasteiger partial charge in [0, 0.05) is 0 Å². The van der Waals surface area contributed by atoms with Crippen molar-refractivity contribution in [2.75, 3.05) is 0 Å². The average molecular weight is 334 g/mol. The number of benzene rings is 2. The molecule has 1 aliphatic rings. The molecule has 4 aromatic rings. The van der Waals surface area contributed by atoms with E-state index < -0.39 is 0 Å². The largest absolute Gasteiger partial charge is 0.310 e. The van der Waals surface area contributed by atoms with Crippen LogP contribution in [0.25, 0.3) is 33.7 Å². The fourth-order valence-electron chi connectivity index (χ4n) is 3.26. The quantitative estimate of drug-likeness (QED) is 0.460. The van der Waals surface area contributed by atoms with Crippen molar-refractivity contribution >= 4 is 22.1 Å². The van der Waals surface area contributed by atoms with E-state index in [0.717, 1.165) is 33.7 Å². The lowest BCUT2D eigenvalue weighted by Gasteiger charge is -2.07. The van der Waals surface area contributed by atoms with Gasteiger partial charge in [-0.1, -0.05) is 47.9 Å². The molecule has 0 saturated carbocycles. The van der Waals surface area contributed by atoms with Crippen LogP contribution in [0.5, 0.6) is 0 Å². The maximum atomic E-state index is 4.86. The van der Waals surface area contributed by atoms with E-state index in [0.29, 0.717) is 13.1 Å². The van der Waals surface area contributed by atoms with Crippen molar-refractivity contribution in [3.05, 3.63) is 60.7 Å². The number of para-hydroxylation sites is 4. The molecule has 0 spiro atoms. The van der Waals surface area contributed by atoms with Crippen LogP contribution in [0.15, 0.2) is 60.7 Å². The zero-order chi connectivity index (χ0) is 17.3.